The Morgan fingerprint density at radius 1 is 1.05 bits per heavy atom. The Bertz CT molecular complexity index is 963. The Kier molecular flexibility index (Phi) is 2.93. The van der Waals surface area contributed by atoms with Gasteiger partial charge in [0, 0.05) is 47.0 Å². The topological polar surface area (TPSA) is 76.7 Å². The lowest BCUT2D eigenvalue weighted by molar-refractivity contribution is 0.391. The molecular weight excluding hydrogens is 278 g/mol. The summed E-state index contributed by atoms with van der Waals surface area (Å²) in [6.07, 6.45) is 7.16. The van der Waals surface area contributed by atoms with Crippen LogP contribution in [-0.2, 0) is 6.54 Å². The molecule has 4 aromatic heterocycles. The van der Waals surface area contributed by atoms with E-state index in [4.69, 9.17) is 4.52 Å². The van der Waals surface area contributed by atoms with Gasteiger partial charge in [0.25, 0.3) is 0 Å². The highest BCUT2D eigenvalue weighted by Crippen LogP contribution is 2.28. The highest BCUT2D eigenvalue weighted by atomic mass is 16.5. The van der Waals surface area contributed by atoms with Crippen LogP contribution < -0.4 is 5.32 Å². The van der Waals surface area contributed by atoms with E-state index in [1.807, 2.05) is 37.5 Å². The SMILES string of the molecule is Cc1cc(CNc2nc3ccncc3c3cnccc23)no1. The summed E-state index contributed by atoms with van der Waals surface area (Å²) in [4.78, 5) is 13.1. The van der Waals surface area contributed by atoms with Gasteiger partial charge in [0.05, 0.1) is 12.1 Å². The van der Waals surface area contributed by atoms with Gasteiger partial charge in [-0.2, -0.15) is 0 Å². The molecule has 1 N–H and O–H groups in total. The van der Waals surface area contributed by atoms with E-state index < -0.39 is 0 Å². The van der Waals surface area contributed by atoms with Crippen LogP contribution in [0.4, 0.5) is 5.82 Å². The Labute approximate surface area is 126 Å². The van der Waals surface area contributed by atoms with Gasteiger partial charge in [-0.3, -0.25) is 9.97 Å². The molecule has 0 spiro atoms. The van der Waals surface area contributed by atoms with Crippen molar-refractivity contribution in [3.05, 3.63) is 54.4 Å². The molecule has 0 aliphatic heterocycles. The predicted molar refractivity (Wildman–Crippen MR) is 83.4 cm³/mol. The number of anilines is 1. The van der Waals surface area contributed by atoms with E-state index >= 15 is 0 Å². The molecule has 0 fully saturated rings. The predicted octanol–water partition coefficient (Wildman–Crippen LogP) is 3.09. The fourth-order valence-electron chi connectivity index (χ4n) is 2.50. The molecule has 108 valence electrons. The van der Waals surface area contributed by atoms with E-state index in [0.717, 1.165) is 38.9 Å². The fraction of sp³-hybridized carbons (Fsp3) is 0.125. The molecule has 0 aliphatic carbocycles. The lowest BCUT2D eigenvalue weighted by Crippen LogP contribution is -2.03. The highest BCUT2D eigenvalue weighted by molar-refractivity contribution is 6.09. The molecule has 4 heterocycles. The minimum atomic E-state index is 0.554. The van der Waals surface area contributed by atoms with Crippen molar-refractivity contribution in [2.24, 2.45) is 0 Å². The Hall–Kier alpha value is -3.02. The van der Waals surface area contributed by atoms with Crippen LogP contribution in [0.3, 0.4) is 0 Å². The van der Waals surface area contributed by atoms with E-state index in [9.17, 15) is 0 Å². The molecule has 0 radical (unpaired) electrons. The van der Waals surface area contributed by atoms with Gasteiger partial charge in [0.1, 0.15) is 17.3 Å². The third-order valence-electron chi connectivity index (χ3n) is 3.51. The molecule has 0 aliphatic rings. The van der Waals surface area contributed by atoms with Crippen molar-refractivity contribution < 1.29 is 4.52 Å². The molecule has 6 heteroatoms. The van der Waals surface area contributed by atoms with E-state index in [-0.39, 0.29) is 0 Å². The average molecular weight is 291 g/mol. The van der Waals surface area contributed by atoms with Crippen molar-refractivity contribution in [2.75, 3.05) is 5.32 Å². The van der Waals surface area contributed by atoms with Crippen molar-refractivity contribution in [1.29, 1.82) is 0 Å². The van der Waals surface area contributed by atoms with E-state index in [0.29, 0.717) is 6.54 Å². The van der Waals surface area contributed by atoms with E-state index in [1.54, 1.807) is 12.4 Å². The summed E-state index contributed by atoms with van der Waals surface area (Å²) >= 11 is 0. The normalized spacial score (nSPS) is 11.1. The molecule has 0 atom stereocenters. The number of hydrogen-bond donors (Lipinski definition) is 1. The Morgan fingerprint density at radius 2 is 1.86 bits per heavy atom. The summed E-state index contributed by atoms with van der Waals surface area (Å²) < 4.78 is 5.08. The number of nitrogens with zero attached hydrogens (tertiary/aromatic N) is 4. The third-order valence-corrected chi connectivity index (χ3v) is 3.51. The first-order valence-electron chi connectivity index (χ1n) is 6.95. The van der Waals surface area contributed by atoms with Crippen LogP contribution in [0, 0.1) is 6.92 Å². The van der Waals surface area contributed by atoms with Gasteiger partial charge >= 0.3 is 0 Å². The lowest BCUT2D eigenvalue weighted by atomic mass is 10.1. The molecule has 0 aromatic carbocycles. The van der Waals surface area contributed by atoms with Crippen LogP contribution in [0.5, 0.6) is 0 Å². The van der Waals surface area contributed by atoms with Crippen molar-refractivity contribution in [1.82, 2.24) is 20.1 Å². The van der Waals surface area contributed by atoms with E-state index in [2.05, 4.69) is 25.4 Å². The lowest BCUT2D eigenvalue weighted by Gasteiger charge is -2.10. The standard InChI is InChI=1S/C16H13N5O/c1-10-6-11(21-22-10)7-19-16-12-2-4-17-8-13(12)14-9-18-5-3-15(14)20-16/h2-6,8-9H,7H2,1H3,(H,19,20). The molecule has 4 rings (SSSR count). The molecule has 0 amide bonds. The first kappa shape index (κ1) is 12.7. The number of pyridine rings is 3. The second kappa shape index (κ2) is 5.07. The molecule has 0 saturated heterocycles. The van der Waals surface area contributed by atoms with Crippen LogP contribution in [0.2, 0.25) is 0 Å². The molecule has 0 saturated carbocycles. The summed E-state index contributed by atoms with van der Waals surface area (Å²) in [5.74, 6) is 1.60. The van der Waals surface area contributed by atoms with Gasteiger partial charge in [-0.05, 0) is 19.1 Å². The average Bonchev–Trinajstić information content (AvgIpc) is 2.98. The minimum Gasteiger partial charge on any atom is -0.364 e. The first-order valence-corrected chi connectivity index (χ1v) is 6.95. The molecular formula is C16H13N5O. The van der Waals surface area contributed by atoms with Gasteiger partial charge < -0.3 is 9.84 Å². The maximum absolute atomic E-state index is 5.08. The fourth-order valence-corrected chi connectivity index (χ4v) is 2.50. The summed E-state index contributed by atoms with van der Waals surface area (Å²) in [6, 6.07) is 5.75. The van der Waals surface area contributed by atoms with Crippen molar-refractivity contribution in [2.45, 2.75) is 13.5 Å². The first-order chi connectivity index (χ1) is 10.8. The maximum Gasteiger partial charge on any atom is 0.135 e. The minimum absolute atomic E-state index is 0.554. The van der Waals surface area contributed by atoms with Gasteiger partial charge in [0.2, 0.25) is 0 Å². The zero-order valence-corrected chi connectivity index (χ0v) is 11.9. The molecule has 0 unspecified atom stereocenters. The largest absolute Gasteiger partial charge is 0.364 e. The molecule has 6 nitrogen and oxygen atoms in total. The third kappa shape index (κ3) is 2.14. The number of rotatable bonds is 3. The van der Waals surface area contributed by atoms with E-state index in [1.165, 1.54) is 0 Å². The molecule has 4 aromatic rings. The van der Waals surface area contributed by atoms with Gasteiger partial charge in [-0.15, -0.1) is 0 Å². The maximum atomic E-state index is 5.08. The number of nitrogens with one attached hydrogen (secondary N) is 1. The molecule has 22 heavy (non-hydrogen) atoms. The van der Waals surface area contributed by atoms with Gasteiger partial charge in [-0.25, -0.2) is 4.98 Å². The quantitative estimate of drug-likeness (QED) is 0.584. The van der Waals surface area contributed by atoms with Gasteiger partial charge in [0.15, 0.2) is 0 Å². The number of fused-ring (bicyclic) bond motifs is 3. The zero-order chi connectivity index (χ0) is 14.9. The summed E-state index contributed by atoms with van der Waals surface area (Å²) in [6.45, 7) is 2.43. The van der Waals surface area contributed by atoms with Gasteiger partial charge in [-0.1, -0.05) is 5.16 Å². The number of aryl methyl sites for hydroxylation is 1. The summed E-state index contributed by atoms with van der Waals surface area (Å²) in [7, 11) is 0. The number of hydrogen-bond acceptors (Lipinski definition) is 6. The Morgan fingerprint density at radius 3 is 2.68 bits per heavy atom. The van der Waals surface area contributed by atoms with Crippen LogP contribution in [0.25, 0.3) is 21.7 Å². The summed E-state index contributed by atoms with van der Waals surface area (Å²) in [5, 5.41) is 10.3. The van der Waals surface area contributed by atoms with Crippen LogP contribution in [0.15, 0.2) is 47.5 Å². The summed E-state index contributed by atoms with van der Waals surface area (Å²) in [5.41, 5.74) is 1.73. The van der Waals surface area contributed by atoms with Crippen LogP contribution >= 0.6 is 0 Å². The molecule has 0 bridgehead atoms. The van der Waals surface area contributed by atoms with Crippen molar-refractivity contribution in [3.8, 4) is 0 Å². The van der Waals surface area contributed by atoms with Crippen molar-refractivity contribution >= 4 is 27.5 Å². The highest BCUT2D eigenvalue weighted by Gasteiger charge is 2.09. The Balaban J connectivity index is 1.81. The smallest absolute Gasteiger partial charge is 0.135 e. The van der Waals surface area contributed by atoms with Crippen LogP contribution in [0.1, 0.15) is 11.5 Å². The monoisotopic (exact) mass is 291 g/mol. The van der Waals surface area contributed by atoms with Crippen LogP contribution in [-0.4, -0.2) is 20.1 Å². The second-order valence-corrected chi connectivity index (χ2v) is 5.06. The second-order valence-electron chi connectivity index (χ2n) is 5.06. The van der Waals surface area contributed by atoms with Crippen molar-refractivity contribution in [3.63, 3.8) is 0 Å². The number of aromatic nitrogens is 4. The zero-order valence-electron chi connectivity index (χ0n) is 11.9.